The number of hydrogen-bond acceptors (Lipinski definition) is 5. The third kappa shape index (κ3) is 2.74. The summed E-state index contributed by atoms with van der Waals surface area (Å²) in [4.78, 5) is 31.4. The summed E-state index contributed by atoms with van der Waals surface area (Å²) in [5, 5.41) is 6.80. The van der Waals surface area contributed by atoms with Crippen molar-refractivity contribution in [3.05, 3.63) is 35.7 Å². The molecule has 5 atom stereocenters. The van der Waals surface area contributed by atoms with Crippen LogP contribution in [0.25, 0.3) is 11.4 Å². The summed E-state index contributed by atoms with van der Waals surface area (Å²) in [6, 6.07) is 3.95. The van der Waals surface area contributed by atoms with E-state index < -0.39 is 23.3 Å². The molecule has 5 unspecified atom stereocenters. The molecule has 2 aromatic rings. The van der Waals surface area contributed by atoms with Gasteiger partial charge < -0.3 is 9.84 Å². The Morgan fingerprint density at radius 3 is 2.66 bits per heavy atom. The van der Waals surface area contributed by atoms with Crippen LogP contribution in [0.5, 0.6) is 0 Å². The molecule has 4 fully saturated rings. The van der Waals surface area contributed by atoms with Crippen molar-refractivity contribution in [2.24, 2.45) is 23.7 Å². The number of aromatic nitrogens is 2. The van der Waals surface area contributed by atoms with Gasteiger partial charge in [0.05, 0.1) is 5.56 Å². The molecule has 3 amide bonds. The number of alkyl halides is 3. The molecule has 4 aliphatic rings. The van der Waals surface area contributed by atoms with E-state index in [1.165, 1.54) is 25.0 Å². The minimum atomic E-state index is -4.43. The quantitative estimate of drug-likeness (QED) is 0.720. The second-order valence-electron chi connectivity index (χ2n) is 9.44. The standard InChI is InChI=1S/C22H21F3N4O3/c23-22(24,25)13-6-4-11(5-7-13)18-26-17(32-28-18)10-29-19(30)21(27-20(29)31)9-12-8-16(21)15-3-1-2-14(12)15/h4-7,12,14-16H,1-3,8-10H2,(H,27,31). The minimum absolute atomic E-state index is 0.0577. The van der Waals surface area contributed by atoms with Gasteiger partial charge in [-0.1, -0.05) is 23.7 Å². The lowest BCUT2D eigenvalue weighted by molar-refractivity contribution is -0.137. The summed E-state index contributed by atoms with van der Waals surface area (Å²) in [6.45, 7) is -0.161. The third-order valence-corrected chi connectivity index (χ3v) is 7.95. The van der Waals surface area contributed by atoms with E-state index in [-0.39, 0.29) is 30.1 Å². The predicted octanol–water partition coefficient (Wildman–Crippen LogP) is 4.00. The molecule has 3 saturated carbocycles. The lowest BCUT2D eigenvalue weighted by Crippen LogP contribution is -2.54. The van der Waals surface area contributed by atoms with Crippen molar-refractivity contribution in [1.29, 1.82) is 0 Å². The topological polar surface area (TPSA) is 88.3 Å². The van der Waals surface area contributed by atoms with Crippen LogP contribution in [0.1, 0.15) is 43.6 Å². The zero-order chi connectivity index (χ0) is 22.3. The van der Waals surface area contributed by atoms with Crippen molar-refractivity contribution in [1.82, 2.24) is 20.4 Å². The van der Waals surface area contributed by atoms with E-state index in [2.05, 4.69) is 15.5 Å². The highest BCUT2D eigenvalue weighted by Gasteiger charge is 2.68. The van der Waals surface area contributed by atoms with Crippen LogP contribution >= 0.6 is 0 Å². The molecule has 1 N–H and O–H groups in total. The van der Waals surface area contributed by atoms with Crippen molar-refractivity contribution in [3.8, 4) is 11.4 Å². The summed E-state index contributed by atoms with van der Waals surface area (Å²) >= 11 is 0. The van der Waals surface area contributed by atoms with Crippen molar-refractivity contribution in [2.45, 2.75) is 50.4 Å². The van der Waals surface area contributed by atoms with Crippen molar-refractivity contribution < 1.29 is 27.3 Å². The first kappa shape index (κ1) is 19.8. The van der Waals surface area contributed by atoms with E-state index in [1.54, 1.807) is 0 Å². The van der Waals surface area contributed by atoms with Crippen LogP contribution in [0.3, 0.4) is 0 Å². The lowest BCUT2D eigenvalue weighted by atomic mass is 9.71. The number of imide groups is 1. The molecule has 1 aliphatic heterocycles. The molecule has 32 heavy (non-hydrogen) atoms. The van der Waals surface area contributed by atoms with Gasteiger partial charge in [-0.25, -0.2) is 4.79 Å². The number of rotatable bonds is 3. The summed E-state index contributed by atoms with van der Waals surface area (Å²) in [5.41, 5.74) is -1.24. The molecule has 3 aliphatic carbocycles. The Morgan fingerprint density at radius 1 is 1.16 bits per heavy atom. The number of carbonyl (C=O) groups is 2. The Bertz CT molecular complexity index is 1100. The van der Waals surface area contributed by atoms with Crippen LogP contribution in [-0.4, -0.2) is 32.5 Å². The van der Waals surface area contributed by atoms with Gasteiger partial charge in [-0.2, -0.15) is 18.2 Å². The van der Waals surface area contributed by atoms with Crippen LogP contribution < -0.4 is 5.32 Å². The number of hydrogen-bond donors (Lipinski definition) is 1. The van der Waals surface area contributed by atoms with Crippen LogP contribution in [0.2, 0.25) is 0 Å². The van der Waals surface area contributed by atoms with E-state index in [1.807, 2.05) is 0 Å². The molecule has 10 heteroatoms. The molecule has 7 nitrogen and oxygen atoms in total. The Balaban J connectivity index is 1.20. The van der Waals surface area contributed by atoms with Crippen LogP contribution in [-0.2, 0) is 17.5 Å². The van der Waals surface area contributed by atoms with Crippen LogP contribution in [0.15, 0.2) is 28.8 Å². The van der Waals surface area contributed by atoms with E-state index in [9.17, 15) is 22.8 Å². The average molecular weight is 446 g/mol. The highest BCUT2D eigenvalue weighted by molar-refractivity contribution is 6.07. The summed E-state index contributed by atoms with van der Waals surface area (Å²) in [7, 11) is 0. The zero-order valence-electron chi connectivity index (χ0n) is 17.1. The first-order valence-electron chi connectivity index (χ1n) is 10.9. The minimum Gasteiger partial charge on any atom is -0.337 e. The predicted molar refractivity (Wildman–Crippen MR) is 104 cm³/mol. The fraction of sp³-hybridized carbons (Fsp3) is 0.545. The normalized spacial score (nSPS) is 33.4. The smallest absolute Gasteiger partial charge is 0.337 e. The number of halogens is 3. The number of nitrogens with one attached hydrogen (secondary N) is 1. The number of carbonyl (C=O) groups excluding carboxylic acids is 2. The summed E-state index contributed by atoms with van der Waals surface area (Å²) in [5.74, 6) is 1.80. The molecule has 1 spiro atoms. The molecule has 0 radical (unpaired) electrons. The third-order valence-electron chi connectivity index (χ3n) is 7.95. The molecule has 1 saturated heterocycles. The first-order chi connectivity index (χ1) is 15.3. The first-order valence-corrected chi connectivity index (χ1v) is 10.9. The van der Waals surface area contributed by atoms with E-state index >= 15 is 0 Å². The number of urea groups is 1. The van der Waals surface area contributed by atoms with Crippen molar-refractivity contribution in [3.63, 3.8) is 0 Å². The molecule has 2 bridgehead atoms. The van der Waals surface area contributed by atoms with Gasteiger partial charge in [-0.05, 0) is 61.5 Å². The monoisotopic (exact) mass is 446 g/mol. The molecule has 1 aromatic carbocycles. The second-order valence-corrected chi connectivity index (χ2v) is 9.44. The lowest BCUT2D eigenvalue weighted by Gasteiger charge is -2.37. The Labute approximate surface area is 181 Å². The van der Waals surface area contributed by atoms with Crippen molar-refractivity contribution >= 4 is 11.9 Å². The average Bonchev–Trinajstić information content (AvgIpc) is 3.54. The largest absolute Gasteiger partial charge is 0.416 e. The number of amides is 3. The maximum atomic E-state index is 13.4. The van der Waals surface area contributed by atoms with Crippen LogP contribution in [0.4, 0.5) is 18.0 Å². The summed E-state index contributed by atoms with van der Waals surface area (Å²) < 4.78 is 43.5. The van der Waals surface area contributed by atoms with E-state index in [0.717, 1.165) is 29.9 Å². The van der Waals surface area contributed by atoms with Gasteiger partial charge >= 0.3 is 12.2 Å². The van der Waals surface area contributed by atoms with Gasteiger partial charge in [0.15, 0.2) is 0 Å². The highest BCUT2D eigenvalue weighted by Crippen LogP contribution is 2.63. The van der Waals surface area contributed by atoms with Crippen LogP contribution in [0, 0.1) is 23.7 Å². The molecule has 168 valence electrons. The number of benzene rings is 1. The van der Waals surface area contributed by atoms with E-state index in [4.69, 9.17) is 4.52 Å². The van der Waals surface area contributed by atoms with Gasteiger partial charge in [0.2, 0.25) is 11.7 Å². The fourth-order valence-electron chi connectivity index (χ4n) is 6.70. The maximum absolute atomic E-state index is 13.4. The van der Waals surface area contributed by atoms with E-state index in [0.29, 0.717) is 29.7 Å². The maximum Gasteiger partial charge on any atom is 0.416 e. The molecular weight excluding hydrogens is 425 g/mol. The number of nitrogens with zero attached hydrogens (tertiary/aromatic N) is 3. The molecule has 6 rings (SSSR count). The van der Waals surface area contributed by atoms with Gasteiger partial charge in [0.25, 0.3) is 5.91 Å². The van der Waals surface area contributed by atoms with Gasteiger partial charge in [0.1, 0.15) is 12.1 Å². The summed E-state index contributed by atoms with van der Waals surface area (Å²) in [6.07, 6.45) is 0.797. The molecule has 2 heterocycles. The van der Waals surface area contributed by atoms with Crippen molar-refractivity contribution in [2.75, 3.05) is 0 Å². The van der Waals surface area contributed by atoms with Gasteiger partial charge in [-0.15, -0.1) is 0 Å². The Kier molecular flexibility index (Phi) is 4.04. The van der Waals surface area contributed by atoms with Gasteiger partial charge in [0, 0.05) is 5.56 Å². The zero-order valence-corrected chi connectivity index (χ0v) is 17.1. The molecular formula is C22H21F3N4O3. The Morgan fingerprint density at radius 2 is 1.91 bits per heavy atom. The highest BCUT2D eigenvalue weighted by atomic mass is 19.4. The fourth-order valence-corrected chi connectivity index (χ4v) is 6.70. The molecule has 1 aromatic heterocycles. The number of fused-ring (bicyclic) bond motifs is 6. The second kappa shape index (κ2) is 6.55. The van der Waals surface area contributed by atoms with Gasteiger partial charge in [-0.3, -0.25) is 9.69 Å². The Hall–Kier alpha value is -2.91. The SMILES string of the molecule is O=C1NC2(CC3CC2C2CCCC32)C(=O)N1Cc1nc(-c2ccc(C(F)(F)F)cc2)no1.